The Kier molecular flexibility index (Phi) is 9.15. The highest BCUT2D eigenvalue weighted by molar-refractivity contribution is 5.80. The van der Waals surface area contributed by atoms with Crippen molar-refractivity contribution < 1.29 is 23.9 Å². The Morgan fingerprint density at radius 2 is 1.77 bits per heavy atom. The molecule has 1 aromatic rings. The van der Waals surface area contributed by atoms with Gasteiger partial charge in [0.15, 0.2) is 6.61 Å². The summed E-state index contributed by atoms with van der Waals surface area (Å²) in [7, 11) is 0. The second-order valence-corrected chi connectivity index (χ2v) is 8.71. The number of carbonyl (C=O) groups is 3. The maximum atomic E-state index is 12.3. The number of ether oxygens (including phenoxy) is 2. The number of esters is 1. The van der Waals surface area contributed by atoms with Gasteiger partial charge in [0, 0.05) is 26.1 Å². The van der Waals surface area contributed by atoms with Gasteiger partial charge in [-0.05, 0) is 57.9 Å². The monoisotopic (exact) mass is 418 g/mol. The molecule has 2 rings (SSSR count). The van der Waals surface area contributed by atoms with Crippen LogP contribution in [0.5, 0.6) is 0 Å². The average molecular weight is 419 g/mol. The zero-order valence-electron chi connectivity index (χ0n) is 18.3. The highest BCUT2D eigenvalue weighted by Gasteiger charge is 2.23. The number of rotatable bonds is 8. The standard InChI is InChI=1S/C23H34N2O5/c1-23(2,3)30-22(28)24-13-7-10-21(27)29-17-20(26)25-14-11-19(12-15-25)16-18-8-5-4-6-9-18/h4-6,8-9,19H,7,10-17H2,1-3H3,(H,24,28). The van der Waals surface area contributed by atoms with E-state index >= 15 is 0 Å². The van der Waals surface area contributed by atoms with Crippen LogP contribution in [-0.2, 0) is 25.5 Å². The minimum atomic E-state index is -0.556. The third-order valence-electron chi connectivity index (χ3n) is 4.92. The van der Waals surface area contributed by atoms with Crippen molar-refractivity contribution in [2.75, 3.05) is 26.2 Å². The van der Waals surface area contributed by atoms with Crippen LogP contribution in [0.2, 0.25) is 0 Å². The number of alkyl carbamates (subject to hydrolysis) is 1. The van der Waals surface area contributed by atoms with Crippen LogP contribution in [0.4, 0.5) is 4.79 Å². The van der Waals surface area contributed by atoms with Crippen LogP contribution in [0.15, 0.2) is 30.3 Å². The largest absolute Gasteiger partial charge is 0.456 e. The molecule has 0 atom stereocenters. The molecular formula is C23H34N2O5. The van der Waals surface area contributed by atoms with Gasteiger partial charge in [-0.25, -0.2) is 4.79 Å². The summed E-state index contributed by atoms with van der Waals surface area (Å²) in [6.45, 7) is 6.85. The van der Waals surface area contributed by atoms with E-state index in [4.69, 9.17) is 9.47 Å². The predicted octanol–water partition coefficient (Wildman–Crippen LogP) is 3.32. The number of carbonyl (C=O) groups excluding carboxylic acids is 3. The third kappa shape index (κ3) is 9.29. The molecule has 1 N–H and O–H groups in total. The van der Waals surface area contributed by atoms with E-state index in [-0.39, 0.29) is 18.9 Å². The lowest BCUT2D eigenvalue weighted by Crippen LogP contribution is -2.41. The molecule has 0 spiro atoms. The first-order valence-corrected chi connectivity index (χ1v) is 10.7. The smallest absolute Gasteiger partial charge is 0.407 e. The van der Waals surface area contributed by atoms with Crippen molar-refractivity contribution >= 4 is 18.0 Å². The molecule has 0 saturated carbocycles. The van der Waals surface area contributed by atoms with E-state index in [0.29, 0.717) is 32.0 Å². The van der Waals surface area contributed by atoms with Gasteiger partial charge < -0.3 is 19.7 Å². The lowest BCUT2D eigenvalue weighted by Gasteiger charge is -2.32. The number of hydrogen-bond donors (Lipinski definition) is 1. The number of amides is 2. The Bertz CT molecular complexity index is 691. The van der Waals surface area contributed by atoms with E-state index in [9.17, 15) is 14.4 Å². The Hall–Kier alpha value is -2.57. The van der Waals surface area contributed by atoms with Crippen molar-refractivity contribution in [2.24, 2.45) is 5.92 Å². The molecule has 1 aromatic carbocycles. The number of piperidine rings is 1. The molecule has 1 saturated heterocycles. The van der Waals surface area contributed by atoms with E-state index in [1.165, 1.54) is 5.56 Å². The molecule has 1 heterocycles. The SMILES string of the molecule is CC(C)(C)OC(=O)NCCCC(=O)OCC(=O)N1CCC(Cc2ccccc2)CC1. The van der Waals surface area contributed by atoms with Gasteiger partial charge in [-0.1, -0.05) is 30.3 Å². The molecular weight excluding hydrogens is 384 g/mol. The fourth-order valence-corrected chi connectivity index (χ4v) is 3.38. The van der Waals surface area contributed by atoms with Crippen LogP contribution < -0.4 is 5.32 Å². The van der Waals surface area contributed by atoms with Crippen molar-refractivity contribution in [2.45, 2.75) is 58.5 Å². The normalized spacial score (nSPS) is 14.8. The summed E-state index contributed by atoms with van der Waals surface area (Å²) in [5.41, 5.74) is 0.775. The number of benzene rings is 1. The quantitative estimate of drug-likeness (QED) is 0.517. The minimum absolute atomic E-state index is 0.141. The lowest BCUT2D eigenvalue weighted by atomic mass is 9.90. The van der Waals surface area contributed by atoms with E-state index in [2.05, 4.69) is 29.6 Å². The van der Waals surface area contributed by atoms with Gasteiger partial charge in [0.25, 0.3) is 5.91 Å². The van der Waals surface area contributed by atoms with Gasteiger partial charge >= 0.3 is 12.1 Å². The maximum Gasteiger partial charge on any atom is 0.407 e. The third-order valence-corrected chi connectivity index (χ3v) is 4.92. The van der Waals surface area contributed by atoms with Crippen molar-refractivity contribution in [3.63, 3.8) is 0 Å². The van der Waals surface area contributed by atoms with Gasteiger partial charge in [-0.3, -0.25) is 9.59 Å². The summed E-state index contributed by atoms with van der Waals surface area (Å²) in [6, 6.07) is 10.4. The van der Waals surface area contributed by atoms with Gasteiger partial charge in [-0.2, -0.15) is 0 Å². The Labute approximate surface area is 179 Å². The Balaban J connectivity index is 1.56. The van der Waals surface area contributed by atoms with Gasteiger partial charge in [0.2, 0.25) is 0 Å². The van der Waals surface area contributed by atoms with Crippen LogP contribution in [0.25, 0.3) is 0 Å². The van der Waals surface area contributed by atoms with Crippen LogP contribution >= 0.6 is 0 Å². The molecule has 2 amide bonds. The molecule has 0 radical (unpaired) electrons. The number of nitrogens with zero attached hydrogens (tertiary/aromatic N) is 1. The minimum Gasteiger partial charge on any atom is -0.456 e. The van der Waals surface area contributed by atoms with E-state index < -0.39 is 17.7 Å². The molecule has 7 heteroatoms. The molecule has 0 unspecified atom stereocenters. The molecule has 0 bridgehead atoms. The first-order chi connectivity index (χ1) is 14.2. The topological polar surface area (TPSA) is 84.9 Å². The predicted molar refractivity (Wildman–Crippen MR) is 114 cm³/mol. The summed E-state index contributed by atoms with van der Waals surface area (Å²) in [6.07, 6.45) is 3.02. The maximum absolute atomic E-state index is 12.3. The second kappa shape index (κ2) is 11.6. The zero-order chi connectivity index (χ0) is 22.0. The highest BCUT2D eigenvalue weighted by Crippen LogP contribution is 2.21. The van der Waals surface area contributed by atoms with Crippen LogP contribution in [0, 0.1) is 5.92 Å². The highest BCUT2D eigenvalue weighted by atomic mass is 16.6. The van der Waals surface area contributed by atoms with Crippen molar-refractivity contribution in [3.05, 3.63) is 35.9 Å². The molecule has 7 nitrogen and oxygen atoms in total. The second-order valence-electron chi connectivity index (χ2n) is 8.71. The molecule has 1 fully saturated rings. The fraction of sp³-hybridized carbons (Fsp3) is 0.609. The molecule has 1 aliphatic rings. The van der Waals surface area contributed by atoms with Crippen molar-refractivity contribution in [1.29, 1.82) is 0 Å². The number of nitrogens with one attached hydrogen (secondary N) is 1. The molecule has 0 aliphatic carbocycles. The van der Waals surface area contributed by atoms with Crippen molar-refractivity contribution in [1.82, 2.24) is 10.2 Å². The molecule has 30 heavy (non-hydrogen) atoms. The zero-order valence-corrected chi connectivity index (χ0v) is 18.3. The van der Waals surface area contributed by atoms with E-state index in [0.717, 1.165) is 19.3 Å². The Morgan fingerprint density at radius 1 is 1.10 bits per heavy atom. The first kappa shape index (κ1) is 23.7. The summed E-state index contributed by atoms with van der Waals surface area (Å²) in [5, 5.41) is 2.59. The molecule has 166 valence electrons. The van der Waals surface area contributed by atoms with Crippen LogP contribution in [0.3, 0.4) is 0 Å². The first-order valence-electron chi connectivity index (χ1n) is 10.7. The summed E-state index contributed by atoms with van der Waals surface area (Å²) in [4.78, 5) is 37.4. The van der Waals surface area contributed by atoms with E-state index in [1.807, 2.05) is 6.07 Å². The summed E-state index contributed by atoms with van der Waals surface area (Å²) >= 11 is 0. The van der Waals surface area contributed by atoms with Gasteiger partial charge in [-0.15, -0.1) is 0 Å². The summed E-state index contributed by atoms with van der Waals surface area (Å²) in [5.74, 6) is -0.00170. The number of hydrogen-bond acceptors (Lipinski definition) is 5. The van der Waals surface area contributed by atoms with Gasteiger partial charge in [0.1, 0.15) is 5.60 Å². The number of likely N-dealkylation sites (tertiary alicyclic amines) is 1. The lowest BCUT2D eigenvalue weighted by molar-refractivity contribution is -0.152. The fourth-order valence-electron chi connectivity index (χ4n) is 3.38. The molecule has 1 aliphatic heterocycles. The van der Waals surface area contributed by atoms with Gasteiger partial charge in [0.05, 0.1) is 0 Å². The van der Waals surface area contributed by atoms with Crippen LogP contribution in [0.1, 0.15) is 52.0 Å². The van der Waals surface area contributed by atoms with E-state index in [1.54, 1.807) is 25.7 Å². The van der Waals surface area contributed by atoms with Crippen LogP contribution in [-0.4, -0.2) is 54.7 Å². The van der Waals surface area contributed by atoms with Crippen molar-refractivity contribution in [3.8, 4) is 0 Å². The average Bonchev–Trinajstić information content (AvgIpc) is 2.69. The molecule has 0 aromatic heterocycles. The Morgan fingerprint density at radius 3 is 2.40 bits per heavy atom. The summed E-state index contributed by atoms with van der Waals surface area (Å²) < 4.78 is 10.2.